The second-order valence-electron chi connectivity index (χ2n) is 14.9. The minimum Gasteiger partial charge on any atom is -0.489 e. The van der Waals surface area contributed by atoms with Gasteiger partial charge in [-0.1, -0.05) is 121 Å². The van der Waals surface area contributed by atoms with E-state index >= 15 is 0 Å². The number of carbonyl (C=O) groups is 6. The number of nitrogens with two attached hydrogens (primary N) is 1. The SMILES string of the molecule is NC(=O)CNC(=O)[C@@H]1Cc2cccc(c2)-c2ccc(OCc3ccccc3)c(c2)C[C@H](NC(=O)OCc2ccccc2)C(=O)N[C@@H](CCCNC(=O)OCc2ccccc2)C(=O)N1. The predicted molar refractivity (Wildman–Crippen MR) is 234 cm³/mol. The third kappa shape index (κ3) is 14.2. The van der Waals surface area contributed by atoms with E-state index in [1.807, 2.05) is 115 Å². The van der Waals surface area contributed by atoms with Gasteiger partial charge in [-0.15, -0.1) is 0 Å². The molecule has 1 aliphatic heterocycles. The summed E-state index contributed by atoms with van der Waals surface area (Å²) in [5.41, 5.74) is 10.6. The number of hydrogen-bond donors (Lipinski definition) is 6. The molecule has 0 fully saturated rings. The fourth-order valence-electron chi connectivity index (χ4n) is 6.84. The Morgan fingerprint density at radius 1 is 0.635 bits per heavy atom. The number of hydrogen-bond acceptors (Lipinski definition) is 9. The molecule has 326 valence electrons. The number of alkyl carbamates (subject to hydrolysis) is 2. The number of fused-ring (bicyclic) bond motifs is 5. The molecule has 6 rings (SSSR count). The van der Waals surface area contributed by atoms with Crippen LogP contribution in [0.5, 0.6) is 5.75 Å². The molecular formula is C48H50N6O9. The van der Waals surface area contributed by atoms with Crippen LogP contribution in [0.3, 0.4) is 0 Å². The van der Waals surface area contributed by atoms with E-state index in [-0.39, 0.29) is 52.0 Å². The van der Waals surface area contributed by atoms with Crippen molar-refractivity contribution in [2.45, 2.75) is 63.6 Å². The van der Waals surface area contributed by atoms with Gasteiger partial charge in [-0.05, 0) is 63.9 Å². The molecular weight excluding hydrogens is 805 g/mol. The summed E-state index contributed by atoms with van der Waals surface area (Å²) in [5, 5.41) is 13.4. The van der Waals surface area contributed by atoms with Gasteiger partial charge in [0.1, 0.15) is 43.7 Å². The van der Waals surface area contributed by atoms with E-state index in [1.165, 1.54) is 0 Å². The fourth-order valence-corrected chi connectivity index (χ4v) is 6.84. The van der Waals surface area contributed by atoms with E-state index < -0.39 is 60.5 Å². The van der Waals surface area contributed by atoms with Gasteiger partial charge in [0, 0.05) is 19.4 Å². The number of benzene rings is 5. The van der Waals surface area contributed by atoms with Gasteiger partial charge >= 0.3 is 12.2 Å². The average Bonchev–Trinajstić information content (AvgIpc) is 3.30. The highest BCUT2D eigenvalue weighted by Crippen LogP contribution is 2.30. The number of rotatable bonds is 15. The standard InChI is InChI=1S/C48H50N6O9/c49-43(55)28-51-44(56)40-25-35-18-10-19-36(24-35)37-21-22-42(61-29-32-12-4-1-5-13-32)38(26-37)27-41(54-48(60)63-31-34-16-8-3-9-17-34)46(58)52-39(45(57)53-40)20-11-23-50-47(59)62-30-33-14-6-2-7-15-33/h1-10,12-19,21-22,24,26,39-41H,11,20,23,25,27-31H2,(H2,49,55)(H,50,59)(H,51,56)(H,52,58)(H,53,57)(H,54,60)/t39-,40-,41-/m0/s1. The minimum absolute atomic E-state index is 0.00621. The first-order valence-corrected chi connectivity index (χ1v) is 20.6. The molecule has 0 saturated heterocycles. The third-order valence-electron chi connectivity index (χ3n) is 10.1. The van der Waals surface area contributed by atoms with Gasteiger partial charge in [0.15, 0.2) is 0 Å². The first-order valence-electron chi connectivity index (χ1n) is 20.6. The molecule has 1 heterocycles. The Labute approximate surface area is 365 Å². The summed E-state index contributed by atoms with van der Waals surface area (Å²) in [6, 6.07) is 36.9. The van der Waals surface area contributed by atoms with Crippen molar-refractivity contribution in [1.82, 2.24) is 26.6 Å². The van der Waals surface area contributed by atoms with Crippen molar-refractivity contribution in [2.75, 3.05) is 13.1 Å². The van der Waals surface area contributed by atoms with Gasteiger partial charge in [-0.2, -0.15) is 0 Å². The Hall–Kier alpha value is -7.68. The molecule has 0 aromatic heterocycles. The topological polar surface area (TPSA) is 216 Å². The molecule has 63 heavy (non-hydrogen) atoms. The maximum atomic E-state index is 14.5. The summed E-state index contributed by atoms with van der Waals surface area (Å²) in [7, 11) is 0. The summed E-state index contributed by atoms with van der Waals surface area (Å²) in [5.74, 6) is -2.44. The Kier molecular flexibility index (Phi) is 16.2. The number of primary amides is 1. The van der Waals surface area contributed by atoms with Gasteiger partial charge in [-0.25, -0.2) is 9.59 Å². The molecule has 0 spiro atoms. The van der Waals surface area contributed by atoms with Gasteiger partial charge in [0.2, 0.25) is 23.6 Å². The molecule has 0 aliphatic carbocycles. The largest absolute Gasteiger partial charge is 0.489 e. The average molecular weight is 855 g/mol. The molecule has 5 aromatic carbocycles. The zero-order valence-corrected chi connectivity index (χ0v) is 34.5. The zero-order chi connectivity index (χ0) is 44.4. The summed E-state index contributed by atoms with van der Waals surface area (Å²) < 4.78 is 17.2. The molecule has 1 aliphatic rings. The third-order valence-corrected chi connectivity index (χ3v) is 10.1. The van der Waals surface area contributed by atoms with E-state index in [0.717, 1.165) is 27.8 Å². The van der Waals surface area contributed by atoms with E-state index in [2.05, 4.69) is 26.6 Å². The van der Waals surface area contributed by atoms with Crippen LogP contribution in [0.15, 0.2) is 133 Å². The van der Waals surface area contributed by atoms with Gasteiger partial charge in [0.05, 0.1) is 6.54 Å². The van der Waals surface area contributed by atoms with Crippen LogP contribution in [0.4, 0.5) is 9.59 Å². The van der Waals surface area contributed by atoms with Crippen LogP contribution >= 0.6 is 0 Å². The molecule has 0 radical (unpaired) electrons. The van der Waals surface area contributed by atoms with Crippen LogP contribution in [-0.2, 0) is 61.3 Å². The number of amides is 6. The Morgan fingerprint density at radius 2 is 1.25 bits per heavy atom. The summed E-state index contributed by atoms with van der Waals surface area (Å²) in [4.78, 5) is 79.8. The molecule has 15 nitrogen and oxygen atoms in total. The highest BCUT2D eigenvalue weighted by Gasteiger charge is 2.31. The Morgan fingerprint density at radius 3 is 1.90 bits per heavy atom. The minimum atomic E-state index is -1.30. The van der Waals surface area contributed by atoms with Crippen LogP contribution < -0.4 is 37.1 Å². The molecule has 7 N–H and O–H groups in total. The molecule has 6 amide bonds. The summed E-state index contributed by atoms with van der Waals surface area (Å²) in [6.45, 7) is -0.178. The first kappa shape index (κ1) is 44.9. The fraction of sp³-hybridized carbons (Fsp3) is 0.250. The lowest BCUT2D eigenvalue weighted by molar-refractivity contribution is -0.133. The molecule has 4 bridgehead atoms. The number of nitrogens with one attached hydrogen (secondary N) is 5. The van der Waals surface area contributed by atoms with E-state index in [0.29, 0.717) is 16.9 Å². The van der Waals surface area contributed by atoms with Crippen molar-refractivity contribution in [3.05, 3.63) is 161 Å². The second kappa shape index (κ2) is 22.8. The lowest BCUT2D eigenvalue weighted by Gasteiger charge is -2.26. The van der Waals surface area contributed by atoms with Crippen LogP contribution in [-0.4, -0.2) is 67.0 Å². The van der Waals surface area contributed by atoms with Crippen molar-refractivity contribution < 1.29 is 43.0 Å². The maximum absolute atomic E-state index is 14.5. The van der Waals surface area contributed by atoms with Gasteiger partial charge in [-0.3, -0.25) is 19.2 Å². The molecule has 15 heteroatoms. The molecule has 0 unspecified atom stereocenters. The summed E-state index contributed by atoms with van der Waals surface area (Å²) >= 11 is 0. The lowest BCUT2D eigenvalue weighted by Crippen LogP contribution is -2.57. The normalized spacial score (nSPS) is 16.1. The summed E-state index contributed by atoms with van der Waals surface area (Å²) in [6.07, 6.45) is -1.43. The van der Waals surface area contributed by atoms with Crippen molar-refractivity contribution in [1.29, 1.82) is 0 Å². The second-order valence-corrected chi connectivity index (χ2v) is 14.9. The van der Waals surface area contributed by atoms with E-state index in [1.54, 1.807) is 18.2 Å². The van der Waals surface area contributed by atoms with Crippen LogP contribution in [0.1, 0.15) is 40.7 Å². The van der Waals surface area contributed by atoms with Gasteiger partial charge in [0.25, 0.3) is 0 Å². The smallest absolute Gasteiger partial charge is 0.408 e. The van der Waals surface area contributed by atoms with Crippen molar-refractivity contribution in [3.8, 4) is 16.9 Å². The predicted octanol–water partition coefficient (Wildman–Crippen LogP) is 4.60. The zero-order valence-electron chi connectivity index (χ0n) is 34.5. The lowest BCUT2D eigenvalue weighted by atomic mass is 9.95. The molecule has 3 atom stereocenters. The maximum Gasteiger partial charge on any atom is 0.408 e. The van der Waals surface area contributed by atoms with Crippen LogP contribution in [0.2, 0.25) is 0 Å². The molecule has 5 aromatic rings. The van der Waals surface area contributed by atoms with E-state index in [9.17, 15) is 28.8 Å². The monoisotopic (exact) mass is 854 g/mol. The quantitative estimate of drug-likeness (QED) is 0.0811. The van der Waals surface area contributed by atoms with E-state index in [4.69, 9.17) is 19.9 Å². The highest BCUT2D eigenvalue weighted by molar-refractivity contribution is 5.95. The molecule has 0 saturated carbocycles. The van der Waals surface area contributed by atoms with Gasteiger partial charge < -0.3 is 46.5 Å². The number of ether oxygens (including phenoxy) is 3. The van der Waals surface area contributed by atoms with Crippen LogP contribution in [0.25, 0.3) is 11.1 Å². The Balaban J connectivity index is 1.31. The van der Waals surface area contributed by atoms with Crippen molar-refractivity contribution in [3.63, 3.8) is 0 Å². The van der Waals surface area contributed by atoms with Crippen molar-refractivity contribution >= 4 is 35.8 Å². The number of carbonyl (C=O) groups excluding carboxylic acids is 6. The van der Waals surface area contributed by atoms with Crippen LogP contribution in [0, 0.1) is 0 Å². The van der Waals surface area contributed by atoms with Crippen molar-refractivity contribution in [2.24, 2.45) is 5.73 Å². The highest BCUT2D eigenvalue weighted by atomic mass is 16.6. The first-order chi connectivity index (χ1) is 30.6. The Bertz CT molecular complexity index is 2350.